The number of carbonyl (C=O) groups is 2. The van der Waals surface area contributed by atoms with Gasteiger partial charge in [-0.15, -0.1) is 0 Å². The van der Waals surface area contributed by atoms with E-state index in [0.29, 0.717) is 0 Å². The predicted octanol–water partition coefficient (Wildman–Crippen LogP) is 1.70. The minimum atomic E-state index is -1.21. The molecule has 2 rings (SSSR count). The Kier molecular flexibility index (Phi) is 7.99. The van der Waals surface area contributed by atoms with Crippen LogP contribution in [0, 0.1) is 11.8 Å². The Morgan fingerprint density at radius 2 is 1.21 bits per heavy atom. The molecule has 0 aromatic heterocycles. The summed E-state index contributed by atoms with van der Waals surface area (Å²) in [4.78, 5) is 24.5. The molecule has 1 aliphatic carbocycles. The maximum Gasteiger partial charge on any atom is 0.334 e. The van der Waals surface area contributed by atoms with E-state index < -0.39 is 30.4 Å². The Balaban J connectivity index is 2.72. The lowest BCUT2D eigenvalue weighted by atomic mass is 9.70. The van der Waals surface area contributed by atoms with Gasteiger partial charge in [0, 0.05) is 34.4 Å². The van der Waals surface area contributed by atoms with Crippen LogP contribution in [-0.2, 0) is 28.5 Å². The van der Waals surface area contributed by atoms with Crippen LogP contribution in [0.3, 0.4) is 0 Å². The second-order valence-electron chi connectivity index (χ2n) is 6.87. The van der Waals surface area contributed by atoms with Gasteiger partial charge in [0.15, 0.2) is 12.6 Å². The van der Waals surface area contributed by atoms with Crippen LogP contribution < -0.4 is 5.32 Å². The Labute approximate surface area is 164 Å². The van der Waals surface area contributed by atoms with E-state index in [4.69, 9.17) is 18.9 Å². The van der Waals surface area contributed by atoms with Gasteiger partial charge in [-0.3, -0.25) is 0 Å². The van der Waals surface area contributed by atoms with E-state index in [1.807, 2.05) is 0 Å². The zero-order valence-electron chi connectivity index (χ0n) is 16.7. The highest BCUT2D eigenvalue weighted by atomic mass is 16.7. The molecule has 28 heavy (non-hydrogen) atoms. The van der Waals surface area contributed by atoms with Gasteiger partial charge in [0.2, 0.25) is 0 Å². The minimum Gasteiger partial charge on any atom is -0.478 e. The van der Waals surface area contributed by atoms with Crippen molar-refractivity contribution >= 4 is 11.9 Å². The zero-order valence-corrected chi connectivity index (χ0v) is 16.7. The maximum absolute atomic E-state index is 12.3. The van der Waals surface area contributed by atoms with Crippen molar-refractivity contribution in [3.63, 3.8) is 0 Å². The first-order valence-corrected chi connectivity index (χ1v) is 9.24. The molecule has 1 saturated carbocycles. The molecule has 9 heteroatoms. The van der Waals surface area contributed by atoms with Crippen LogP contribution in [0.2, 0.25) is 0 Å². The molecule has 0 saturated heterocycles. The molecule has 3 N–H and O–H groups in total. The molecular weight excluding hydrogens is 370 g/mol. The number of nitrogens with one attached hydrogen (secondary N) is 1. The Morgan fingerprint density at radius 1 is 0.821 bits per heavy atom. The number of dihydropyridines is 1. The SMILES string of the molecule is COC(OC)C1=C(C(=O)O)C(C2CCCCC2)C(C(=O)O)=C(C(OC)OC)N1. The predicted molar refractivity (Wildman–Crippen MR) is 98.1 cm³/mol. The summed E-state index contributed by atoms with van der Waals surface area (Å²) < 4.78 is 21.2. The first-order valence-electron chi connectivity index (χ1n) is 9.24. The molecule has 9 nitrogen and oxygen atoms in total. The average Bonchev–Trinajstić information content (AvgIpc) is 2.69. The molecule has 1 aliphatic heterocycles. The third-order valence-electron chi connectivity index (χ3n) is 5.38. The molecule has 0 radical (unpaired) electrons. The standard InChI is InChI=1S/C19H29NO8/c1-25-18(26-2)14-12(16(21)22)11(10-8-6-5-7-9-10)13(17(23)24)15(20-14)19(27-3)28-4/h10-11,18-20H,5-9H2,1-4H3,(H,21,22)(H,23,24). The van der Waals surface area contributed by atoms with E-state index in [0.717, 1.165) is 32.1 Å². The molecule has 0 aromatic carbocycles. The van der Waals surface area contributed by atoms with Gasteiger partial charge >= 0.3 is 11.9 Å². The monoisotopic (exact) mass is 399 g/mol. The molecule has 0 amide bonds. The normalized spacial score (nSPS) is 19.5. The van der Waals surface area contributed by atoms with Gasteiger partial charge in [-0.2, -0.15) is 0 Å². The van der Waals surface area contributed by atoms with Gasteiger partial charge in [0.1, 0.15) is 0 Å². The van der Waals surface area contributed by atoms with Crippen molar-refractivity contribution in [2.45, 2.75) is 44.7 Å². The van der Waals surface area contributed by atoms with E-state index in [9.17, 15) is 19.8 Å². The summed E-state index contributed by atoms with van der Waals surface area (Å²) in [5.74, 6) is -3.37. The Bertz CT molecular complexity index is 596. The lowest BCUT2D eigenvalue weighted by Crippen LogP contribution is -2.45. The van der Waals surface area contributed by atoms with E-state index >= 15 is 0 Å². The number of carboxylic acid groups (broad SMARTS) is 2. The average molecular weight is 399 g/mol. The van der Waals surface area contributed by atoms with Gasteiger partial charge in [0.25, 0.3) is 0 Å². The molecule has 0 spiro atoms. The highest BCUT2D eigenvalue weighted by molar-refractivity contribution is 5.96. The third kappa shape index (κ3) is 4.38. The smallest absolute Gasteiger partial charge is 0.334 e. The van der Waals surface area contributed by atoms with Crippen LogP contribution in [0.15, 0.2) is 22.5 Å². The number of methoxy groups -OCH3 is 4. The second-order valence-corrected chi connectivity index (χ2v) is 6.87. The topological polar surface area (TPSA) is 124 Å². The number of carboxylic acids is 2. The van der Waals surface area contributed by atoms with E-state index in [-0.39, 0.29) is 28.5 Å². The summed E-state index contributed by atoms with van der Waals surface area (Å²) in [7, 11) is 5.55. The summed E-state index contributed by atoms with van der Waals surface area (Å²) in [6.07, 6.45) is 2.39. The molecule has 0 unspecified atom stereocenters. The Morgan fingerprint density at radius 3 is 1.54 bits per heavy atom. The molecule has 158 valence electrons. The maximum atomic E-state index is 12.3. The molecule has 0 atom stereocenters. The van der Waals surface area contributed by atoms with Gasteiger partial charge in [-0.05, 0) is 18.8 Å². The van der Waals surface area contributed by atoms with Gasteiger partial charge in [0.05, 0.1) is 22.5 Å². The molecular formula is C19H29NO8. The molecule has 0 bridgehead atoms. The molecule has 0 aromatic rings. The van der Waals surface area contributed by atoms with Crippen molar-refractivity contribution in [3.05, 3.63) is 22.5 Å². The number of ether oxygens (including phenoxy) is 4. The molecule has 1 heterocycles. The van der Waals surface area contributed by atoms with Crippen LogP contribution in [0.25, 0.3) is 0 Å². The fourth-order valence-electron chi connectivity index (χ4n) is 4.23. The van der Waals surface area contributed by atoms with E-state index in [1.54, 1.807) is 0 Å². The van der Waals surface area contributed by atoms with Crippen molar-refractivity contribution in [2.75, 3.05) is 28.4 Å². The number of hydrogen-bond donors (Lipinski definition) is 3. The van der Waals surface area contributed by atoms with E-state index in [2.05, 4.69) is 5.32 Å². The van der Waals surface area contributed by atoms with Crippen molar-refractivity contribution in [3.8, 4) is 0 Å². The first kappa shape index (κ1) is 22.4. The van der Waals surface area contributed by atoms with Crippen LogP contribution in [-0.4, -0.2) is 63.2 Å². The summed E-state index contributed by atoms with van der Waals surface area (Å²) in [5.41, 5.74) is 0.222. The highest BCUT2D eigenvalue weighted by Crippen LogP contribution is 2.43. The van der Waals surface area contributed by atoms with E-state index in [1.165, 1.54) is 28.4 Å². The van der Waals surface area contributed by atoms with Crippen LogP contribution in [0.5, 0.6) is 0 Å². The Hall–Kier alpha value is -1.94. The van der Waals surface area contributed by atoms with Gasteiger partial charge in [-0.25, -0.2) is 9.59 Å². The summed E-state index contributed by atoms with van der Waals surface area (Å²) in [6.45, 7) is 0. The zero-order chi connectivity index (χ0) is 20.8. The van der Waals surface area contributed by atoms with Crippen molar-refractivity contribution in [1.29, 1.82) is 0 Å². The van der Waals surface area contributed by atoms with Crippen molar-refractivity contribution in [2.24, 2.45) is 11.8 Å². The summed E-state index contributed by atoms with van der Waals surface area (Å²) in [5, 5.41) is 22.9. The lowest BCUT2D eigenvalue weighted by molar-refractivity contribution is -0.136. The minimum absolute atomic E-state index is 0.0484. The molecule has 2 aliphatic rings. The second kappa shape index (κ2) is 10.0. The quantitative estimate of drug-likeness (QED) is 0.497. The highest BCUT2D eigenvalue weighted by Gasteiger charge is 2.45. The fraction of sp³-hybridized carbons (Fsp3) is 0.684. The van der Waals surface area contributed by atoms with Crippen LogP contribution >= 0.6 is 0 Å². The number of rotatable bonds is 9. The summed E-state index contributed by atoms with van der Waals surface area (Å²) in [6, 6.07) is 0. The third-order valence-corrected chi connectivity index (χ3v) is 5.38. The summed E-state index contributed by atoms with van der Waals surface area (Å²) >= 11 is 0. The fourth-order valence-corrected chi connectivity index (χ4v) is 4.23. The van der Waals surface area contributed by atoms with Gasteiger partial charge < -0.3 is 34.5 Å². The number of hydrogen-bond acceptors (Lipinski definition) is 7. The van der Waals surface area contributed by atoms with Crippen molar-refractivity contribution in [1.82, 2.24) is 5.32 Å². The lowest BCUT2D eigenvalue weighted by Gasteiger charge is -2.39. The van der Waals surface area contributed by atoms with Crippen molar-refractivity contribution < 1.29 is 38.7 Å². The van der Waals surface area contributed by atoms with Crippen LogP contribution in [0.4, 0.5) is 0 Å². The number of aliphatic carboxylic acids is 2. The van der Waals surface area contributed by atoms with Crippen LogP contribution in [0.1, 0.15) is 32.1 Å². The first-order chi connectivity index (χ1) is 13.4. The van der Waals surface area contributed by atoms with Gasteiger partial charge in [-0.1, -0.05) is 19.3 Å². The largest absolute Gasteiger partial charge is 0.478 e. The molecule has 1 fully saturated rings.